The Bertz CT molecular complexity index is 1930. The van der Waals surface area contributed by atoms with Crippen molar-refractivity contribution in [3.05, 3.63) is 179 Å². The van der Waals surface area contributed by atoms with Crippen molar-refractivity contribution in [3.8, 4) is 0 Å². The second-order valence-corrected chi connectivity index (χ2v) is 15.0. The lowest BCUT2D eigenvalue weighted by atomic mass is 9.86. The van der Waals surface area contributed by atoms with Gasteiger partial charge in [-0.05, 0) is 118 Å². The standard InChI is InChI=1S/C47H48N2.CH4/c1-35-12-11-15-45(34-35)49(40-13-9-8-10-14-40)42-28-20-37(21-29-42)17-16-36-18-26-41(27-19-36)48(43-30-22-38(23-31-43)46(2,3)4)44-32-24-39(25-33-44)47(5,6)7;/h8-34H,1-7H3;1H4/b17-16+;. The first kappa shape index (κ1) is 36.0. The van der Waals surface area contributed by atoms with Crippen LogP contribution in [-0.4, -0.2) is 0 Å². The van der Waals surface area contributed by atoms with E-state index in [0.29, 0.717) is 0 Å². The van der Waals surface area contributed by atoms with Gasteiger partial charge in [-0.15, -0.1) is 0 Å². The summed E-state index contributed by atoms with van der Waals surface area (Å²) in [6.45, 7) is 15.7. The number of aryl methyl sites for hydroxylation is 1. The topological polar surface area (TPSA) is 6.48 Å². The van der Waals surface area contributed by atoms with Crippen LogP contribution in [0.4, 0.5) is 34.1 Å². The maximum atomic E-state index is 2.35. The smallest absolute Gasteiger partial charge is 0.0464 e. The number of rotatable bonds is 8. The van der Waals surface area contributed by atoms with E-state index in [0.717, 1.165) is 45.3 Å². The molecule has 0 radical (unpaired) electrons. The van der Waals surface area contributed by atoms with Crippen LogP contribution in [0.3, 0.4) is 0 Å². The van der Waals surface area contributed by atoms with Gasteiger partial charge < -0.3 is 9.80 Å². The summed E-state index contributed by atoms with van der Waals surface area (Å²) in [5.74, 6) is 0. The van der Waals surface area contributed by atoms with Gasteiger partial charge in [-0.25, -0.2) is 0 Å². The lowest BCUT2D eigenvalue weighted by Gasteiger charge is -2.28. The lowest BCUT2D eigenvalue weighted by molar-refractivity contribution is 0.590. The molecule has 2 nitrogen and oxygen atoms in total. The maximum absolute atomic E-state index is 2.35. The summed E-state index contributed by atoms with van der Waals surface area (Å²) in [7, 11) is 0. The van der Waals surface area contributed by atoms with Crippen LogP contribution in [0.2, 0.25) is 0 Å². The van der Waals surface area contributed by atoms with Gasteiger partial charge >= 0.3 is 0 Å². The molecule has 6 aromatic rings. The summed E-state index contributed by atoms with van der Waals surface area (Å²) in [6, 6.07) is 54.8. The Morgan fingerprint density at radius 1 is 0.380 bits per heavy atom. The zero-order valence-corrected chi connectivity index (χ0v) is 30.0. The first-order valence-corrected chi connectivity index (χ1v) is 17.3. The van der Waals surface area contributed by atoms with Crippen molar-refractivity contribution in [3.63, 3.8) is 0 Å². The van der Waals surface area contributed by atoms with Crippen molar-refractivity contribution >= 4 is 46.3 Å². The minimum Gasteiger partial charge on any atom is -0.311 e. The zero-order valence-electron chi connectivity index (χ0n) is 30.0. The first-order chi connectivity index (χ1) is 23.5. The van der Waals surface area contributed by atoms with Gasteiger partial charge in [0.2, 0.25) is 0 Å². The third-order valence-electron chi connectivity index (χ3n) is 9.03. The largest absolute Gasteiger partial charge is 0.311 e. The van der Waals surface area contributed by atoms with E-state index in [1.165, 1.54) is 16.7 Å². The van der Waals surface area contributed by atoms with Gasteiger partial charge in [0.15, 0.2) is 0 Å². The predicted octanol–water partition coefficient (Wildman–Crippen LogP) is 14.3. The molecule has 6 rings (SSSR count). The van der Waals surface area contributed by atoms with E-state index in [-0.39, 0.29) is 18.3 Å². The number of anilines is 6. The second kappa shape index (κ2) is 15.0. The van der Waals surface area contributed by atoms with E-state index in [2.05, 4.69) is 222 Å². The number of hydrogen-bond acceptors (Lipinski definition) is 2. The normalized spacial score (nSPS) is 11.7. The molecular weight excluding hydrogens is 605 g/mol. The summed E-state index contributed by atoms with van der Waals surface area (Å²) < 4.78 is 0. The van der Waals surface area contributed by atoms with Crippen molar-refractivity contribution in [2.75, 3.05) is 9.80 Å². The molecule has 2 heteroatoms. The summed E-state index contributed by atoms with van der Waals surface area (Å²) >= 11 is 0. The third-order valence-corrected chi connectivity index (χ3v) is 9.03. The van der Waals surface area contributed by atoms with Crippen molar-refractivity contribution in [2.45, 2.75) is 66.7 Å². The number of nitrogens with zero attached hydrogens (tertiary/aromatic N) is 2. The Hall–Kier alpha value is -5.34. The lowest BCUT2D eigenvalue weighted by Crippen LogP contribution is -2.14. The van der Waals surface area contributed by atoms with Crippen LogP contribution in [0.5, 0.6) is 0 Å². The van der Waals surface area contributed by atoms with Gasteiger partial charge in [0.05, 0.1) is 0 Å². The second-order valence-electron chi connectivity index (χ2n) is 15.0. The number of para-hydroxylation sites is 1. The maximum Gasteiger partial charge on any atom is 0.0464 e. The van der Waals surface area contributed by atoms with Gasteiger partial charge in [0, 0.05) is 34.1 Å². The molecule has 0 aliphatic heterocycles. The molecule has 0 saturated heterocycles. The van der Waals surface area contributed by atoms with Crippen LogP contribution in [0, 0.1) is 6.92 Å². The number of hydrogen-bond donors (Lipinski definition) is 0. The Morgan fingerprint density at radius 3 is 1.10 bits per heavy atom. The molecule has 0 bridgehead atoms. The predicted molar refractivity (Wildman–Crippen MR) is 220 cm³/mol. The van der Waals surface area contributed by atoms with Gasteiger partial charge in [-0.3, -0.25) is 0 Å². The van der Waals surface area contributed by atoms with Crippen molar-refractivity contribution < 1.29 is 0 Å². The van der Waals surface area contributed by atoms with E-state index < -0.39 is 0 Å². The molecule has 6 aromatic carbocycles. The van der Waals surface area contributed by atoms with Gasteiger partial charge in [0.25, 0.3) is 0 Å². The molecule has 254 valence electrons. The molecule has 0 N–H and O–H groups in total. The minimum atomic E-state index is 0. The molecule has 0 spiro atoms. The van der Waals surface area contributed by atoms with E-state index in [1.807, 2.05) is 0 Å². The highest BCUT2D eigenvalue weighted by molar-refractivity contribution is 5.80. The molecule has 0 amide bonds. The first-order valence-electron chi connectivity index (χ1n) is 17.3. The average molecular weight is 657 g/mol. The molecule has 0 unspecified atom stereocenters. The highest BCUT2D eigenvalue weighted by Crippen LogP contribution is 2.38. The summed E-state index contributed by atoms with van der Waals surface area (Å²) in [6.07, 6.45) is 4.38. The van der Waals surface area contributed by atoms with E-state index in [4.69, 9.17) is 0 Å². The van der Waals surface area contributed by atoms with Gasteiger partial charge in [-0.2, -0.15) is 0 Å². The van der Waals surface area contributed by atoms with E-state index in [1.54, 1.807) is 0 Å². The zero-order chi connectivity index (χ0) is 34.6. The Morgan fingerprint density at radius 2 is 0.720 bits per heavy atom. The SMILES string of the molecule is C.Cc1cccc(N(c2ccccc2)c2ccc(/C=C/c3ccc(N(c4ccc(C(C)(C)C)cc4)c4ccc(C(C)(C)C)cc4)cc3)cc2)c1. The van der Waals surface area contributed by atoms with Crippen LogP contribution in [0.1, 0.15) is 76.8 Å². The molecular formula is C48H52N2. The fourth-order valence-electron chi connectivity index (χ4n) is 6.12. The van der Waals surface area contributed by atoms with E-state index in [9.17, 15) is 0 Å². The fourth-order valence-corrected chi connectivity index (χ4v) is 6.12. The Labute approximate surface area is 301 Å². The molecule has 0 fully saturated rings. The van der Waals surface area contributed by atoms with Crippen LogP contribution >= 0.6 is 0 Å². The van der Waals surface area contributed by atoms with Crippen LogP contribution in [0.15, 0.2) is 152 Å². The van der Waals surface area contributed by atoms with Crippen LogP contribution in [-0.2, 0) is 10.8 Å². The highest BCUT2D eigenvalue weighted by atomic mass is 15.1. The molecule has 0 atom stereocenters. The van der Waals surface area contributed by atoms with Crippen molar-refractivity contribution in [2.24, 2.45) is 0 Å². The summed E-state index contributed by atoms with van der Waals surface area (Å²) in [4.78, 5) is 4.65. The minimum absolute atomic E-state index is 0. The van der Waals surface area contributed by atoms with Gasteiger partial charge in [-0.1, -0.05) is 140 Å². The van der Waals surface area contributed by atoms with Crippen molar-refractivity contribution in [1.29, 1.82) is 0 Å². The summed E-state index contributed by atoms with van der Waals surface area (Å²) in [5, 5.41) is 0. The molecule has 0 saturated carbocycles. The quantitative estimate of drug-likeness (QED) is 0.150. The summed E-state index contributed by atoms with van der Waals surface area (Å²) in [5.41, 5.74) is 13.3. The Balaban J connectivity index is 0.00000486. The van der Waals surface area contributed by atoms with E-state index >= 15 is 0 Å². The monoisotopic (exact) mass is 656 g/mol. The van der Waals surface area contributed by atoms with Crippen LogP contribution < -0.4 is 9.80 Å². The molecule has 0 heterocycles. The fraction of sp³-hybridized carbons (Fsp3) is 0.208. The highest BCUT2D eigenvalue weighted by Gasteiger charge is 2.18. The van der Waals surface area contributed by atoms with Gasteiger partial charge in [0.1, 0.15) is 0 Å². The molecule has 50 heavy (non-hydrogen) atoms. The Kier molecular flexibility index (Phi) is 10.8. The van der Waals surface area contributed by atoms with Crippen molar-refractivity contribution in [1.82, 2.24) is 0 Å². The average Bonchev–Trinajstić information content (AvgIpc) is 3.09. The van der Waals surface area contributed by atoms with Crippen LogP contribution in [0.25, 0.3) is 12.2 Å². The molecule has 0 aromatic heterocycles. The number of benzene rings is 6. The molecule has 0 aliphatic carbocycles. The molecule has 0 aliphatic rings. The third kappa shape index (κ3) is 8.44.